The molecule has 2 saturated heterocycles. The van der Waals surface area contributed by atoms with Crippen LogP contribution in [-0.2, 0) is 0 Å². The molecule has 0 aliphatic carbocycles. The van der Waals surface area contributed by atoms with Crippen LogP contribution in [-0.4, -0.2) is 19.4 Å². The summed E-state index contributed by atoms with van der Waals surface area (Å²) in [7, 11) is 1.47. The first-order chi connectivity index (χ1) is 3.91. The van der Waals surface area contributed by atoms with E-state index in [1.807, 2.05) is 0 Å². The zero-order valence-electron chi connectivity index (χ0n) is 5.24. The third-order valence-electron chi connectivity index (χ3n) is 2.64. The standard InChI is InChI=1S/C6H12BN/c1-2-6(8-3-1)4-7-5-6/h7-8H,1-5H2. The Hall–Kier alpha value is 0.0249. The highest BCUT2D eigenvalue weighted by Crippen LogP contribution is 2.35. The molecule has 1 N–H and O–H groups in total. The van der Waals surface area contributed by atoms with Crippen molar-refractivity contribution in [2.75, 3.05) is 6.54 Å². The van der Waals surface area contributed by atoms with Gasteiger partial charge in [0.05, 0.1) is 0 Å². The molecule has 1 spiro atoms. The molecule has 0 aromatic carbocycles. The highest BCUT2D eigenvalue weighted by molar-refractivity contribution is 6.41. The van der Waals surface area contributed by atoms with E-state index >= 15 is 0 Å². The minimum atomic E-state index is 0.667. The number of nitrogens with one attached hydrogen (secondary N) is 1. The van der Waals surface area contributed by atoms with Crippen LogP contribution in [0.3, 0.4) is 0 Å². The van der Waals surface area contributed by atoms with Crippen molar-refractivity contribution in [3.63, 3.8) is 0 Å². The van der Waals surface area contributed by atoms with Gasteiger partial charge in [-0.1, -0.05) is 12.6 Å². The lowest BCUT2D eigenvalue weighted by atomic mass is 9.46. The van der Waals surface area contributed by atoms with E-state index < -0.39 is 0 Å². The molecule has 0 saturated carbocycles. The van der Waals surface area contributed by atoms with E-state index in [1.54, 1.807) is 0 Å². The fourth-order valence-electron chi connectivity index (χ4n) is 1.90. The molecule has 2 heterocycles. The summed E-state index contributed by atoms with van der Waals surface area (Å²) in [6.45, 7) is 1.28. The molecule has 2 fully saturated rings. The van der Waals surface area contributed by atoms with Crippen LogP contribution < -0.4 is 5.32 Å². The number of rotatable bonds is 0. The molecule has 0 amide bonds. The van der Waals surface area contributed by atoms with Crippen molar-refractivity contribution in [2.24, 2.45) is 0 Å². The quantitative estimate of drug-likeness (QED) is 0.444. The van der Waals surface area contributed by atoms with Gasteiger partial charge in [0.1, 0.15) is 7.28 Å². The maximum atomic E-state index is 3.57. The van der Waals surface area contributed by atoms with Gasteiger partial charge in [-0.2, -0.15) is 0 Å². The average molecular weight is 109 g/mol. The molecule has 2 aliphatic rings. The molecular weight excluding hydrogens is 96.9 g/mol. The molecule has 0 atom stereocenters. The molecule has 0 aromatic rings. The predicted molar refractivity (Wildman–Crippen MR) is 36.7 cm³/mol. The van der Waals surface area contributed by atoms with Crippen LogP contribution in [0.25, 0.3) is 0 Å². The maximum absolute atomic E-state index is 3.57. The Kier molecular flexibility index (Phi) is 0.914. The van der Waals surface area contributed by atoms with Gasteiger partial charge in [0, 0.05) is 5.54 Å². The second kappa shape index (κ2) is 1.50. The van der Waals surface area contributed by atoms with Crippen molar-refractivity contribution < 1.29 is 0 Å². The van der Waals surface area contributed by atoms with Crippen LogP contribution in [0.5, 0.6) is 0 Å². The van der Waals surface area contributed by atoms with Crippen LogP contribution in [0, 0.1) is 0 Å². The molecule has 44 valence electrons. The van der Waals surface area contributed by atoms with Crippen LogP contribution >= 0.6 is 0 Å². The van der Waals surface area contributed by atoms with Crippen LogP contribution in [0.15, 0.2) is 0 Å². The van der Waals surface area contributed by atoms with E-state index in [9.17, 15) is 0 Å². The summed E-state index contributed by atoms with van der Waals surface area (Å²) < 4.78 is 0. The number of hydrogen-bond donors (Lipinski definition) is 1. The Bertz CT molecular complexity index is 90.7. The Balaban J connectivity index is 2.01. The Morgan fingerprint density at radius 3 is 2.50 bits per heavy atom. The summed E-state index contributed by atoms with van der Waals surface area (Å²) in [5.74, 6) is 0. The first-order valence-electron chi connectivity index (χ1n) is 3.66. The third-order valence-corrected chi connectivity index (χ3v) is 2.64. The molecule has 1 nitrogen and oxygen atoms in total. The summed E-state index contributed by atoms with van der Waals surface area (Å²) >= 11 is 0. The summed E-state index contributed by atoms with van der Waals surface area (Å²) in [5, 5.41) is 3.57. The van der Waals surface area contributed by atoms with Crippen molar-refractivity contribution in [1.29, 1.82) is 0 Å². The highest BCUT2D eigenvalue weighted by Gasteiger charge is 2.39. The first kappa shape index (κ1) is 4.86. The molecule has 0 bridgehead atoms. The van der Waals surface area contributed by atoms with E-state index in [0.717, 1.165) is 0 Å². The Morgan fingerprint density at radius 1 is 1.38 bits per heavy atom. The normalized spacial score (nSPS) is 32.0. The largest absolute Gasteiger partial charge is 0.313 e. The fraction of sp³-hybridized carbons (Fsp3) is 1.00. The van der Waals surface area contributed by atoms with Crippen molar-refractivity contribution in [1.82, 2.24) is 5.32 Å². The lowest BCUT2D eigenvalue weighted by Crippen LogP contribution is -2.48. The summed E-state index contributed by atoms with van der Waals surface area (Å²) in [6.07, 6.45) is 5.77. The lowest BCUT2D eigenvalue weighted by Gasteiger charge is -2.37. The molecular formula is C6H12BN. The van der Waals surface area contributed by atoms with Gasteiger partial charge in [0.2, 0.25) is 0 Å². The van der Waals surface area contributed by atoms with Crippen molar-refractivity contribution >= 4 is 7.28 Å². The summed E-state index contributed by atoms with van der Waals surface area (Å²) in [4.78, 5) is 0. The molecule has 2 heteroatoms. The topological polar surface area (TPSA) is 12.0 Å². The predicted octanol–water partition coefficient (Wildman–Crippen LogP) is 0.395. The van der Waals surface area contributed by atoms with Crippen LogP contribution in [0.2, 0.25) is 12.6 Å². The molecule has 0 radical (unpaired) electrons. The molecule has 0 unspecified atom stereocenters. The van der Waals surface area contributed by atoms with Crippen LogP contribution in [0.1, 0.15) is 12.8 Å². The van der Waals surface area contributed by atoms with Gasteiger partial charge in [-0.05, 0) is 19.4 Å². The summed E-state index contributed by atoms with van der Waals surface area (Å²) in [6, 6.07) is 0. The van der Waals surface area contributed by atoms with Gasteiger partial charge in [0.15, 0.2) is 0 Å². The molecule has 2 rings (SSSR count). The van der Waals surface area contributed by atoms with Gasteiger partial charge < -0.3 is 5.32 Å². The Labute approximate surface area is 51.1 Å². The monoisotopic (exact) mass is 109 g/mol. The van der Waals surface area contributed by atoms with Gasteiger partial charge >= 0.3 is 0 Å². The van der Waals surface area contributed by atoms with Crippen molar-refractivity contribution in [2.45, 2.75) is 31.0 Å². The van der Waals surface area contributed by atoms with Gasteiger partial charge in [-0.25, -0.2) is 0 Å². The smallest absolute Gasteiger partial charge is 0.125 e. The maximum Gasteiger partial charge on any atom is 0.125 e. The minimum absolute atomic E-state index is 0.667. The molecule has 8 heavy (non-hydrogen) atoms. The second-order valence-electron chi connectivity index (χ2n) is 3.16. The molecule has 2 aliphatic heterocycles. The number of hydrogen-bond acceptors (Lipinski definition) is 1. The van der Waals surface area contributed by atoms with E-state index in [0.29, 0.717) is 5.54 Å². The van der Waals surface area contributed by atoms with Crippen molar-refractivity contribution in [3.05, 3.63) is 0 Å². The van der Waals surface area contributed by atoms with Crippen LogP contribution in [0.4, 0.5) is 0 Å². The molecule has 0 aromatic heterocycles. The van der Waals surface area contributed by atoms with E-state index in [4.69, 9.17) is 0 Å². The lowest BCUT2D eigenvalue weighted by molar-refractivity contribution is 0.421. The SMILES string of the molecule is B1CC2(C1)CCCN2. The first-order valence-corrected chi connectivity index (χ1v) is 3.66. The van der Waals surface area contributed by atoms with Gasteiger partial charge in [-0.3, -0.25) is 0 Å². The third kappa shape index (κ3) is 0.525. The Morgan fingerprint density at radius 2 is 2.25 bits per heavy atom. The second-order valence-corrected chi connectivity index (χ2v) is 3.16. The summed E-state index contributed by atoms with van der Waals surface area (Å²) in [5.41, 5.74) is 0.667. The van der Waals surface area contributed by atoms with E-state index in [1.165, 1.54) is 39.3 Å². The van der Waals surface area contributed by atoms with E-state index in [-0.39, 0.29) is 0 Å². The zero-order chi connectivity index (χ0) is 5.45. The van der Waals surface area contributed by atoms with Gasteiger partial charge in [-0.15, -0.1) is 0 Å². The van der Waals surface area contributed by atoms with Gasteiger partial charge in [0.25, 0.3) is 0 Å². The average Bonchev–Trinajstić information content (AvgIpc) is 2.07. The highest BCUT2D eigenvalue weighted by atomic mass is 15.0. The zero-order valence-corrected chi connectivity index (χ0v) is 5.24. The minimum Gasteiger partial charge on any atom is -0.313 e. The fourth-order valence-corrected chi connectivity index (χ4v) is 1.90. The van der Waals surface area contributed by atoms with Crippen molar-refractivity contribution in [3.8, 4) is 0 Å². The van der Waals surface area contributed by atoms with E-state index in [2.05, 4.69) is 5.32 Å².